The third-order valence-corrected chi connectivity index (χ3v) is 3.70. The monoisotopic (exact) mass is 263 g/mol. The van der Waals surface area contributed by atoms with Crippen LogP contribution in [0.15, 0.2) is 0 Å². The van der Waals surface area contributed by atoms with Crippen LogP contribution in [0.5, 0.6) is 0 Å². The van der Waals surface area contributed by atoms with E-state index in [-0.39, 0.29) is 5.60 Å². The predicted octanol–water partition coefficient (Wildman–Crippen LogP) is 2.52. The average molecular weight is 264 g/mol. The highest BCUT2D eigenvalue weighted by atomic mass is 35.5. The van der Waals surface area contributed by atoms with Crippen LogP contribution in [0.2, 0.25) is 0 Å². The van der Waals surface area contributed by atoms with Gasteiger partial charge in [-0.2, -0.15) is 0 Å². The molecule has 0 N–H and O–H groups in total. The Morgan fingerprint density at radius 1 is 1.29 bits per heavy atom. The molecule has 0 aromatic carbocycles. The lowest BCUT2D eigenvalue weighted by Crippen LogP contribution is -2.40. The molecule has 0 aromatic rings. The van der Waals surface area contributed by atoms with E-state index in [1.165, 1.54) is 0 Å². The summed E-state index contributed by atoms with van der Waals surface area (Å²) in [7, 11) is 1.78. The minimum atomic E-state index is -0.00796. The van der Waals surface area contributed by atoms with Crippen LogP contribution in [0.4, 0.5) is 0 Å². The zero-order valence-electron chi connectivity index (χ0n) is 11.4. The first-order valence-corrected chi connectivity index (χ1v) is 7.06. The van der Waals surface area contributed by atoms with Crippen molar-refractivity contribution in [2.45, 2.75) is 44.8 Å². The lowest BCUT2D eigenvalue weighted by molar-refractivity contribution is -0.00925. The van der Waals surface area contributed by atoms with E-state index in [1.807, 2.05) is 0 Å². The predicted molar refractivity (Wildman–Crippen MR) is 71.8 cm³/mol. The summed E-state index contributed by atoms with van der Waals surface area (Å²) in [4.78, 5) is 2.50. The third kappa shape index (κ3) is 6.05. The molecule has 0 aromatic heterocycles. The first kappa shape index (κ1) is 15.2. The second-order valence-electron chi connectivity index (χ2n) is 5.31. The molecule has 1 saturated heterocycles. The summed E-state index contributed by atoms with van der Waals surface area (Å²) in [5.74, 6) is 0.599. The van der Waals surface area contributed by atoms with E-state index in [0.29, 0.717) is 18.6 Å². The number of hydrogen-bond acceptors (Lipinski definition) is 3. The molecule has 102 valence electrons. The van der Waals surface area contributed by atoms with Gasteiger partial charge >= 0.3 is 0 Å². The number of likely N-dealkylation sites (tertiary alicyclic amines) is 1. The van der Waals surface area contributed by atoms with Gasteiger partial charge in [0.1, 0.15) is 0 Å². The van der Waals surface area contributed by atoms with Gasteiger partial charge in [0.05, 0.1) is 18.3 Å². The summed E-state index contributed by atoms with van der Waals surface area (Å²) < 4.78 is 11.1. The van der Waals surface area contributed by atoms with Crippen molar-refractivity contribution >= 4 is 11.6 Å². The first-order valence-electron chi connectivity index (χ1n) is 6.52. The number of ether oxygens (including phenoxy) is 2. The van der Waals surface area contributed by atoms with Crippen LogP contribution in [0.25, 0.3) is 0 Å². The van der Waals surface area contributed by atoms with E-state index >= 15 is 0 Å². The topological polar surface area (TPSA) is 21.7 Å². The van der Waals surface area contributed by atoms with E-state index in [4.69, 9.17) is 21.1 Å². The zero-order valence-corrected chi connectivity index (χ0v) is 12.1. The molecule has 1 aliphatic rings. The molecule has 1 fully saturated rings. The van der Waals surface area contributed by atoms with Gasteiger partial charge in [0.15, 0.2) is 0 Å². The van der Waals surface area contributed by atoms with Crippen molar-refractivity contribution in [2.75, 3.05) is 39.2 Å². The average Bonchev–Trinajstić information content (AvgIpc) is 2.35. The van der Waals surface area contributed by atoms with Gasteiger partial charge in [0.25, 0.3) is 0 Å². The van der Waals surface area contributed by atoms with Crippen molar-refractivity contribution in [1.29, 1.82) is 0 Å². The van der Waals surface area contributed by atoms with Crippen LogP contribution in [-0.4, -0.2) is 55.8 Å². The smallest absolute Gasteiger partial charge is 0.0634 e. The van der Waals surface area contributed by atoms with Gasteiger partial charge in [0.2, 0.25) is 0 Å². The highest BCUT2D eigenvalue weighted by molar-refractivity contribution is 6.17. The van der Waals surface area contributed by atoms with E-state index in [0.717, 1.165) is 38.9 Å². The molecule has 0 spiro atoms. The lowest BCUT2D eigenvalue weighted by Gasteiger charge is -2.34. The van der Waals surface area contributed by atoms with Crippen LogP contribution in [0.3, 0.4) is 0 Å². The highest BCUT2D eigenvalue weighted by Gasteiger charge is 2.22. The molecule has 0 unspecified atom stereocenters. The first-order chi connectivity index (χ1) is 8.07. The lowest BCUT2D eigenvalue weighted by atomic mass is 10.0. The molecule has 0 saturated carbocycles. The Balaban J connectivity index is 2.15. The van der Waals surface area contributed by atoms with Gasteiger partial charge in [0, 0.05) is 32.6 Å². The Kier molecular flexibility index (Phi) is 6.78. The Morgan fingerprint density at radius 3 is 2.47 bits per heavy atom. The second kappa shape index (κ2) is 7.57. The van der Waals surface area contributed by atoms with E-state index < -0.39 is 0 Å². The molecule has 4 heteroatoms. The maximum Gasteiger partial charge on any atom is 0.0634 e. The number of nitrogens with zero attached hydrogens (tertiary/aromatic N) is 1. The van der Waals surface area contributed by atoms with Gasteiger partial charge in [-0.3, -0.25) is 0 Å². The van der Waals surface area contributed by atoms with Crippen LogP contribution < -0.4 is 0 Å². The number of alkyl halides is 1. The summed E-state index contributed by atoms with van der Waals surface area (Å²) in [5, 5.41) is 0. The van der Waals surface area contributed by atoms with Gasteiger partial charge < -0.3 is 14.4 Å². The maximum atomic E-state index is 5.66. The Hall–Kier alpha value is 0.170. The van der Waals surface area contributed by atoms with Crippen molar-refractivity contribution in [1.82, 2.24) is 4.90 Å². The van der Waals surface area contributed by atoms with Gasteiger partial charge in [-0.1, -0.05) is 0 Å². The summed E-state index contributed by atoms with van der Waals surface area (Å²) in [6, 6.07) is 0. The Labute approximate surface area is 110 Å². The summed E-state index contributed by atoms with van der Waals surface area (Å²) >= 11 is 5.62. The highest BCUT2D eigenvalue weighted by Crippen LogP contribution is 2.18. The van der Waals surface area contributed by atoms with Crippen LogP contribution in [0.1, 0.15) is 33.1 Å². The Bertz CT molecular complexity index is 204. The number of methoxy groups -OCH3 is 1. The zero-order chi connectivity index (χ0) is 12.7. The van der Waals surface area contributed by atoms with Crippen molar-refractivity contribution in [3.8, 4) is 0 Å². The van der Waals surface area contributed by atoms with E-state index in [9.17, 15) is 0 Å². The third-order valence-electron chi connectivity index (χ3n) is 3.55. The quantitative estimate of drug-likeness (QED) is 0.659. The van der Waals surface area contributed by atoms with Crippen molar-refractivity contribution in [3.05, 3.63) is 0 Å². The van der Waals surface area contributed by atoms with Crippen molar-refractivity contribution in [2.24, 2.45) is 0 Å². The molecule has 1 aliphatic heterocycles. The van der Waals surface area contributed by atoms with Crippen LogP contribution in [-0.2, 0) is 9.47 Å². The van der Waals surface area contributed by atoms with Gasteiger partial charge in [-0.25, -0.2) is 0 Å². The van der Waals surface area contributed by atoms with Crippen molar-refractivity contribution in [3.63, 3.8) is 0 Å². The molecule has 3 nitrogen and oxygen atoms in total. The SMILES string of the molecule is COC(C)(C)CCN1CCC(OCCCl)CC1. The molecule has 0 atom stereocenters. The summed E-state index contributed by atoms with van der Waals surface area (Å²) in [6.07, 6.45) is 3.76. The molecule has 17 heavy (non-hydrogen) atoms. The van der Waals surface area contributed by atoms with Gasteiger partial charge in [-0.05, 0) is 33.1 Å². The number of piperidine rings is 1. The molecule has 0 amide bonds. The molecule has 0 aliphatic carbocycles. The molecular formula is C13H26ClNO2. The second-order valence-corrected chi connectivity index (χ2v) is 5.69. The minimum Gasteiger partial charge on any atom is -0.379 e. The summed E-state index contributed by atoms with van der Waals surface area (Å²) in [6.45, 7) is 8.35. The fourth-order valence-corrected chi connectivity index (χ4v) is 2.13. The number of halogens is 1. The fraction of sp³-hybridized carbons (Fsp3) is 1.00. The molecule has 1 rings (SSSR count). The molecule has 1 heterocycles. The molecular weight excluding hydrogens is 238 g/mol. The molecule has 0 radical (unpaired) electrons. The standard InChI is InChI=1S/C13H26ClNO2/c1-13(2,16-3)6-10-15-8-4-12(5-9-15)17-11-7-14/h12H,4-11H2,1-3H3. The summed E-state index contributed by atoms with van der Waals surface area (Å²) in [5.41, 5.74) is -0.00796. The fourth-order valence-electron chi connectivity index (χ4n) is 2.04. The normalized spacial score (nSPS) is 19.8. The number of hydrogen-bond donors (Lipinski definition) is 0. The van der Waals surface area contributed by atoms with Crippen LogP contribution in [0, 0.1) is 0 Å². The van der Waals surface area contributed by atoms with E-state index in [1.54, 1.807) is 7.11 Å². The van der Waals surface area contributed by atoms with Crippen molar-refractivity contribution < 1.29 is 9.47 Å². The molecule has 0 bridgehead atoms. The van der Waals surface area contributed by atoms with Gasteiger partial charge in [-0.15, -0.1) is 11.6 Å². The van der Waals surface area contributed by atoms with E-state index in [2.05, 4.69) is 18.7 Å². The maximum absolute atomic E-state index is 5.66. The minimum absolute atomic E-state index is 0.00796. The number of rotatable bonds is 7. The largest absolute Gasteiger partial charge is 0.379 e. The Morgan fingerprint density at radius 2 is 1.94 bits per heavy atom. The van der Waals surface area contributed by atoms with Crippen LogP contribution >= 0.6 is 11.6 Å².